The summed E-state index contributed by atoms with van der Waals surface area (Å²) in [6.45, 7) is 1.43. The smallest absolute Gasteiger partial charge is 0.411 e. The van der Waals surface area contributed by atoms with Crippen LogP contribution in [-0.4, -0.2) is 47.7 Å². The molecule has 0 fully saturated rings. The Hall–Kier alpha value is -4.20. The third-order valence-corrected chi connectivity index (χ3v) is 6.06. The van der Waals surface area contributed by atoms with E-state index in [4.69, 9.17) is 9.84 Å². The number of carboxylic acid groups (broad SMARTS) is 1. The van der Waals surface area contributed by atoms with Gasteiger partial charge in [0.05, 0.1) is 5.69 Å². The van der Waals surface area contributed by atoms with Crippen LogP contribution in [0.5, 0.6) is 0 Å². The normalized spacial score (nSPS) is 12.9. The van der Waals surface area contributed by atoms with Crippen molar-refractivity contribution in [1.29, 1.82) is 0 Å². The van der Waals surface area contributed by atoms with Crippen LogP contribution in [0.25, 0.3) is 11.1 Å². The van der Waals surface area contributed by atoms with Crippen molar-refractivity contribution in [1.82, 2.24) is 4.90 Å². The van der Waals surface area contributed by atoms with Gasteiger partial charge in [-0.2, -0.15) is 0 Å². The SMILES string of the molecule is C[C@@H](C(=O)O)N(C)C(=O)c1ccc(NC(=O)OCC2c3ccccc3-c3ccccc32)c(F)c1. The molecule has 0 unspecified atom stereocenters. The number of hydrogen-bond donors (Lipinski definition) is 2. The van der Waals surface area contributed by atoms with Gasteiger partial charge in [-0.1, -0.05) is 48.5 Å². The first-order chi connectivity index (χ1) is 16.3. The fourth-order valence-corrected chi connectivity index (χ4v) is 4.04. The summed E-state index contributed by atoms with van der Waals surface area (Å²) >= 11 is 0. The molecule has 174 valence electrons. The van der Waals surface area contributed by atoms with Crippen molar-refractivity contribution in [2.45, 2.75) is 18.9 Å². The Kier molecular flexibility index (Phi) is 6.32. The van der Waals surface area contributed by atoms with Crippen molar-refractivity contribution in [2.75, 3.05) is 19.0 Å². The second-order valence-corrected chi connectivity index (χ2v) is 8.08. The molecule has 4 rings (SSSR count). The van der Waals surface area contributed by atoms with E-state index in [9.17, 15) is 18.8 Å². The lowest BCUT2D eigenvalue weighted by molar-refractivity contribution is -0.141. The van der Waals surface area contributed by atoms with E-state index in [2.05, 4.69) is 5.32 Å². The lowest BCUT2D eigenvalue weighted by atomic mass is 9.98. The minimum atomic E-state index is -1.18. The highest BCUT2D eigenvalue weighted by Crippen LogP contribution is 2.44. The summed E-state index contributed by atoms with van der Waals surface area (Å²) in [7, 11) is 1.32. The van der Waals surface area contributed by atoms with E-state index in [0.29, 0.717) is 0 Å². The number of nitrogens with zero attached hydrogens (tertiary/aromatic N) is 1. The number of amides is 2. The first-order valence-electron chi connectivity index (χ1n) is 10.7. The van der Waals surface area contributed by atoms with Crippen molar-refractivity contribution in [3.63, 3.8) is 0 Å². The molecule has 3 aromatic rings. The number of rotatable bonds is 6. The molecule has 0 spiro atoms. The predicted molar refractivity (Wildman–Crippen MR) is 124 cm³/mol. The maximum absolute atomic E-state index is 14.6. The summed E-state index contributed by atoms with van der Waals surface area (Å²) in [5.74, 6) is -2.79. The summed E-state index contributed by atoms with van der Waals surface area (Å²) in [6, 6.07) is 18.3. The molecule has 0 aliphatic heterocycles. The number of carboxylic acids is 1. The van der Waals surface area contributed by atoms with Gasteiger partial charge in [-0.25, -0.2) is 14.0 Å². The molecule has 2 amide bonds. The summed E-state index contributed by atoms with van der Waals surface area (Å²) in [5.41, 5.74) is 4.13. The van der Waals surface area contributed by atoms with E-state index < -0.39 is 29.8 Å². The van der Waals surface area contributed by atoms with Crippen molar-refractivity contribution < 1.29 is 28.6 Å². The number of nitrogens with one attached hydrogen (secondary N) is 1. The average molecular weight is 462 g/mol. The maximum Gasteiger partial charge on any atom is 0.411 e. The molecular formula is C26H23FN2O5. The van der Waals surface area contributed by atoms with Crippen LogP contribution >= 0.6 is 0 Å². The molecule has 0 heterocycles. The summed E-state index contributed by atoms with van der Waals surface area (Å²) in [4.78, 5) is 36.9. The number of halogens is 1. The quantitative estimate of drug-likeness (QED) is 0.552. The Morgan fingerprint density at radius 3 is 2.18 bits per heavy atom. The Morgan fingerprint density at radius 1 is 1.03 bits per heavy atom. The van der Waals surface area contributed by atoms with Crippen LogP contribution in [-0.2, 0) is 9.53 Å². The molecule has 0 bridgehead atoms. The molecule has 3 aromatic carbocycles. The number of hydrogen-bond acceptors (Lipinski definition) is 4. The van der Waals surface area contributed by atoms with Gasteiger partial charge < -0.3 is 14.7 Å². The van der Waals surface area contributed by atoms with Gasteiger partial charge in [0.2, 0.25) is 0 Å². The van der Waals surface area contributed by atoms with Gasteiger partial charge in [0.15, 0.2) is 0 Å². The summed E-state index contributed by atoms with van der Waals surface area (Å²) < 4.78 is 20.0. The Labute approximate surface area is 195 Å². The number of likely N-dealkylation sites (N-methyl/N-ethyl adjacent to an activating group) is 1. The monoisotopic (exact) mass is 462 g/mol. The first kappa shape index (κ1) is 23.0. The zero-order valence-electron chi connectivity index (χ0n) is 18.6. The van der Waals surface area contributed by atoms with Crippen LogP contribution in [0.2, 0.25) is 0 Å². The van der Waals surface area contributed by atoms with Crippen LogP contribution in [0, 0.1) is 5.82 Å². The molecule has 2 N–H and O–H groups in total. The Balaban J connectivity index is 1.42. The zero-order chi connectivity index (χ0) is 24.4. The van der Waals surface area contributed by atoms with E-state index in [-0.39, 0.29) is 23.8 Å². The van der Waals surface area contributed by atoms with Crippen molar-refractivity contribution in [3.05, 3.63) is 89.2 Å². The first-order valence-corrected chi connectivity index (χ1v) is 10.7. The number of carbonyl (C=O) groups is 3. The van der Waals surface area contributed by atoms with Crippen LogP contribution in [0.4, 0.5) is 14.9 Å². The number of benzene rings is 3. The van der Waals surface area contributed by atoms with Crippen LogP contribution in [0.15, 0.2) is 66.7 Å². The van der Waals surface area contributed by atoms with Crippen molar-refractivity contribution in [3.8, 4) is 11.1 Å². The summed E-state index contributed by atoms with van der Waals surface area (Å²) in [5, 5.41) is 11.4. The van der Waals surface area contributed by atoms with Gasteiger partial charge in [-0.05, 0) is 47.4 Å². The topological polar surface area (TPSA) is 95.9 Å². The van der Waals surface area contributed by atoms with Gasteiger partial charge in [0, 0.05) is 18.5 Å². The number of aliphatic carboxylic acids is 1. The predicted octanol–water partition coefficient (Wildman–Crippen LogP) is 4.73. The molecule has 1 atom stereocenters. The largest absolute Gasteiger partial charge is 0.480 e. The van der Waals surface area contributed by atoms with Crippen LogP contribution in [0.3, 0.4) is 0 Å². The molecule has 1 aliphatic carbocycles. The molecule has 0 saturated carbocycles. The minimum Gasteiger partial charge on any atom is -0.480 e. The number of fused-ring (bicyclic) bond motifs is 3. The fraction of sp³-hybridized carbons (Fsp3) is 0.192. The Morgan fingerprint density at radius 2 is 1.62 bits per heavy atom. The summed E-state index contributed by atoms with van der Waals surface area (Å²) in [6.07, 6.45) is -0.823. The minimum absolute atomic E-state index is 0.0359. The van der Waals surface area contributed by atoms with E-state index in [1.807, 2.05) is 48.5 Å². The van der Waals surface area contributed by atoms with Crippen molar-refractivity contribution in [2.24, 2.45) is 0 Å². The number of carbonyl (C=O) groups excluding carboxylic acids is 2. The maximum atomic E-state index is 14.6. The standard InChI is InChI=1S/C26H23FN2O5/c1-15(25(31)32)29(2)24(30)16-11-12-23(22(27)13-16)28-26(33)34-14-21-19-9-5-3-7-17(19)18-8-4-6-10-20(18)21/h3-13,15,21H,14H2,1-2H3,(H,28,33)(H,31,32)/t15-/m0/s1. The molecule has 1 aliphatic rings. The second-order valence-electron chi connectivity index (χ2n) is 8.08. The number of anilines is 1. The lowest BCUT2D eigenvalue weighted by Gasteiger charge is -2.21. The highest BCUT2D eigenvalue weighted by atomic mass is 19.1. The number of ether oxygens (including phenoxy) is 1. The second kappa shape index (κ2) is 9.35. The molecule has 0 radical (unpaired) electrons. The zero-order valence-corrected chi connectivity index (χ0v) is 18.6. The molecular weight excluding hydrogens is 439 g/mol. The highest BCUT2D eigenvalue weighted by molar-refractivity contribution is 5.97. The highest BCUT2D eigenvalue weighted by Gasteiger charge is 2.29. The third kappa shape index (κ3) is 4.34. The Bertz CT molecular complexity index is 1230. The van der Waals surface area contributed by atoms with E-state index >= 15 is 0 Å². The molecule has 8 heteroatoms. The van der Waals surface area contributed by atoms with Crippen molar-refractivity contribution >= 4 is 23.7 Å². The lowest BCUT2D eigenvalue weighted by Crippen LogP contribution is -2.40. The third-order valence-electron chi connectivity index (χ3n) is 6.06. The average Bonchev–Trinajstić information content (AvgIpc) is 3.16. The molecule has 34 heavy (non-hydrogen) atoms. The molecule has 0 saturated heterocycles. The van der Waals surface area contributed by atoms with E-state index in [1.54, 1.807) is 0 Å². The van der Waals surface area contributed by atoms with Crippen LogP contribution in [0.1, 0.15) is 34.3 Å². The van der Waals surface area contributed by atoms with Gasteiger partial charge >= 0.3 is 12.1 Å². The van der Waals surface area contributed by atoms with Gasteiger partial charge in [-0.3, -0.25) is 10.1 Å². The van der Waals surface area contributed by atoms with Gasteiger partial charge in [0.25, 0.3) is 5.91 Å². The van der Waals surface area contributed by atoms with Crippen LogP contribution < -0.4 is 5.32 Å². The van der Waals surface area contributed by atoms with Gasteiger partial charge in [-0.15, -0.1) is 0 Å². The van der Waals surface area contributed by atoms with E-state index in [1.165, 1.54) is 26.1 Å². The van der Waals surface area contributed by atoms with E-state index in [0.717, 1.165) is 33.2 Å². The molecule has 7 nitrogen and oxygen atoms in total. The molecule has 0 aromatic heterocycles. The fourth-order valence-electron chi connectivity index (χ4n) is 4.04. The van der Waals surface area contributed by atoms with Gasteiger partial charge in [0.1, 0.15) is 18.5 Å².